The Kier molecular flexibility index (Phi) is 6.47. The van der Waals surface area contributed by atoms with Gasteiger partial charge in [-0.2, -0.15) is 4.31 Å². The first kappa shape index (κ1) is 21.6. The number of hydrogen-bond acceptors (Lipinski definition) is 5. The molecule has 1 amide bonds. The van der Waals surface area contributed by atoms with Crippen LogP contribution in [0.4, 0.5) is 4.39 Å². The third-order valence-electron chi connectivity index (χ3n) is 5.27. The Hall–Kier alpha value is -2.59. The molecule has 9 heteroatoms. The Labute approximate surface area is 180 Å². The number of ether oxygens (including phenoxy) is 1. The molecule has 2 aliphatic heterocycles. The first-order chi connectivity index (χ1) is 14.9. The molecule has 2 aromatic rings. The van der Waals surface area contributed by atoms with E-state index in [0.717, 1.165) is 24.0 Å². The van der Waals surface area contributed by atoms with Crippen LogP contribution in [0.1, 0.15) is 19.3 Å². The predicted molar refractivity (Wildman–Crippen MR) is 111 cm³/mol. The Morgan fingerprint density at radius 2 is 1.74 bits per heavy atom. The van der Waals surface area contributed by atoms with Gasteiger partial charge in [-0.15, -0.1) is 0 Å². The number of halogens is 1. The quantitative estimate of drug-likeness (QED) is 0.690. The summed E-state index contributed by atoms with van der Waals surface area (Å²) < 4.78 is 45.6. The highest BCUT2D eigenvalue weighted by Gasteiger charge is 2.31. The van der Waals surface area contributed by atoms with Gasteiger partial charge in [-0.25, -0.2) is 23.1 Å². The maximum Gasteiger partial charge on any atom is 0.271 e. The first-order valence-electron chi connectivity index (χ1n) is 10.1. The molecule has 4 rings (SSSR count). The van der Waals surface area contributed by atoms with Crippen LogP contribution in [0.5, 0.6) is 0 Å². The van der Waals surface area contributed by atoms with Crippen molar-refractivity contribution < 1.29 is 27.2 Å². The van der Waals surface area contributed by atoms with Gasteiger partial charge in [-0.05, 0) is 48.2 Å². The molecule has 0 spiro atoms. The van der Waals surface area contributed by atoms with Crippen LogP contribution < -0.4 is 5.48 Å². The van der Waals surface area contributed by atoms with Gasteiger partial charge in [0.15, 0.2) is 6.29 Å². The number of carbonyl (C=O) groups is 1. The van der Waals surface area contributed by atoms with Gasteiger partial charge >= 0.3 is 0 Å². The molecule has 0 aliphatic carbocycles. The van der Waals surface area contributed by atoms with Gasteiger partial charge in [0, 0.05) is 31.7 Å². The molecule has 7 nitrogen and oxygen atoms in total. The minimum atomic E-state index is -3.77. The van der Waals surface area contributed by atoms with Crippen molar-refractivity contribution in [2.75, 3.05) is 19.7 Å². The fourth-order valence-corrected chi connectivity index (χ4v) is 4.84. The zero-order chi connectivity index (χ0) is 21.8. The highest BCUT2D eigenvalue weighted by molar-refractivity contribution is 7.89. The Bertz CT molecular complexity index is 1060. The molecule has 164 valence electrons. The molecule has 0 saturated carbocycles. The Morgan fingerprint density at radius 3 is 2.39 bits per heavy atom. The molecule has 1 N–H and O–H groups in total. The van der Waals surface area contributed by atoms with Crippen LogP contribution in [0.15, 0.2) is 65.1 Å². The predicted octanol–water partition coefficient (Wildman–Crippen LogP) is 3.00. The summed E-state index contributed by atoms with van der Waals surface area (Å²) in [7, 11) is -3.77. The number of nitrogens with zero attached hydrogens (tertiary/aromatic N) is 1. The van der Waals surface area contributed by atoms with Crippen molar-refractivity contribution in [3.63, 3.8) is 0 Å². The fourth-order valence-electron chi connectivity index (χ4n) is 3.48. The standard InChI is InChI=1S/C22H23FN2O5S/c23-19-8-4-16(5-9-19)17-6-10-20(11-7-17)31(27,28)25-13-12-18(15-25)22(26)24-30-21-3-1-2-14-29-21/h4-12,21H,1-3,13-15H2,(H,24,26). The van der Waals surface area contributed by atoms with Gasteiger partial charge in [0.25, 0.3) is 5.91 Å². The lowest BCUT2D eigenvalue weighted by Crippen LogP contribution is -2.36. The van der Waals surface area contributed by atoms with Crippen molar-refractivity contribution in [1.82, 2.24) is 9.79 Å². The summed E-state index contributed by atoms with van der Waals surface area (Å²) in [5.41, 5.74) is 4.24. The van der Waals surface area contributed by atoms with E-state index in [0.29, 0.717) is 18.6 Å². The van der Waals surface area contributed by atoms with E-state index in [1.165, 1.54) is 28.6 Å². The lowest BCUT2D eigenvalue weighted by Gasteiger charge is -2.22. The molecule has 31 heavy (non-hydrogen) atoms. The van der Waals surface area contributed by atoms with E-state index in [4.69, 9.17) is 9.57 Å². The molecule has 1 saturated heterocycles. The molecule has 0 radical (unpaired) electrons. The van der Waals surface area contributed by atoms with Crippen molar-refractivity contribution in [2.24, 2.45) is 0 Å². The molecule has 1 fully saturated rings. The topological polar surface area (TPSA) is 84.9 Å². The third kappa shape index (κ3) is 5.01. The molecule has 2 aromatic carbocycles. The molecule has 1 unspecified atom stereocenters. The molecule has 1 atom stereocenters. The molecule has 2 aliphatic rings. The van der Waals surface area contributed by atoms with E-state index in [9.17, 15) is 17.6 Å². The molecule has 0 aromatic heterocycles. The number of amides is 1. The monoisotopic (exact) mass is 446 g/mol. The van der Waals surface area contributed by atoms with E-state index in [2.05, 4.69) is 5.48 Å². The summed E-state index contributed by atoms with van der Waals surface area (Å²) in [6.07, 6.45) is 3.74. The van der Waals surface area contributed by atoms with Crippen LogP contribution in [0.3, 0.4) is 0 Å². The summed E-state index contributed by atoms with van der Waals surface area (Å²) in [6, 6.07) is 12.3. The van der Waals surface area contributed by atoms with E-state index < -0.39 is 22.2 Å². The lowest BCUT2D eigenvalue weighted by molar-refractivity contribution is -0.198. The Morgan fingerprint density at radius 1 is 1.06 bits per heavy atom. The summed E-state index contributed by atoms with van der Waals surface area (Å²) in [6.45, 7) is 0.655. The summed E-state index contributed by atoms with van der Waals surface area (Å²) in [5.74, 6) is -0.806. The molecular formula is C22H23FN2O5S. The lowest BCUT2D eigenvalue weighted by atomic mass is 10.1. The van der Waals surface area contributed by atoms with Gasteiger partial charge in [-0.1, -0.05) is 30.3 Å². The third-order valence-corrected chi connectivity index (χ3v) is 7.10. The average molecular weight is 447 g/mol. The van der Waals surface area contributed by atoms with Crippen molar-refractivity contribution in [3.05, 3.63) is 66.0 Å². The van der Waals surface area contributed by atoms with Gasteiger partial charge < -0.3 is 4.74 Å². The zero-order valence-corrected chi connectivity index (χ0v) is 17.6. The van der Waals surface area contributed by atoms with Crippen LogP contribution in [-0.2, 0) is 24.4 Å². The first-order valence-corrected chi connectivity index (χ1v) is 11.5. The van der Waals surface area contributed by atoms with E-state index in [1.54, 1.807) is 30.3 Å². The van der Waals surface area contributed by atoms with Crippen molar-refractivity contribution in [1.29, 1.82) is 0 Å². The number of sulfonamides is 1. The maximum absolute atomic E-state index is 13.1. The number of carbonyl (C=O) groups excluding carboxylic acids is 1. The maximum atomic E-state index is 13.1. The highest BCUT2D eigenvalue weighted by Crippen LogP contribution is 2.25. The van der Waals surface area contributed by atoms with Gasteiger partial charge in [0.05, 0.1) is 4.90 Å². The second-order valence-electron chi connectivity index (χ2n) is 7.40. The average Bonchev–Trinajstić information content (AvgIpc) is 3.30. The second kappa shape index (κ2) is 9.27. The van der Waals surface area contributed by atoms with Crippen LogP contribution >= 0.6 is 0 Å². The zero-order valence-electron chi connectivity index (χ0n) is 16.8. The van der Waals surface area contributed by atoms with Gasteiger partial charge in [0.2, 0.25) is 10.0 Å². The summed E-state index contributed by atoms with van der Waals surface area (Å²) in [4.78, 5) is 17.7. The van der Waals surface area contributed by atoms with Crippen LogP contribution in [0.25, 0.3) is 11.1 Å². The molecular weight excluding hydrogens is 423 g/mol. The minimum Gasteiger partial charge on any atom is -0.350 e. The second-order valence-corrected chi connectivity index (χ2v) is 9.34. The molecule has 2 heterocycles. The smallest absolute Gasteiger partial charge is 0.271 e. The number of hydrogen-bond donors (Lipinski definition) is 1. The van der Waals surface area contributed by atoms with Crippen LogP contribution in [-0.4, -0.2) is 44.6 Å². The van der Waals surface area contributed by atoms with Crippen molar-refractivity contribution in [2.45, 2.75) is 30.4 Å². The molecule has 0 bridgehead atoms. The van der Waals surface area contributed by atoms with E-state index in [1.807, 2.05) is 0 Å². The van der Waals surface area contributed by atoms with E-state index >= 15 is 0 Å². The Balaban J connectivity index is 1.37. The van der Waals surface area contributed by atoms with Crippen LogP contribution in [0, 0.1) is 5.82 Å². The van der Waals surface area contributed by atoms with E-state index in [-0.39, 0.29) is 23.8 Å². The highest BCUT2D eigenvalue weighted by atomic mass is 32.2. The SMILES string of the molecule is O=C(NOC1CCCCO1)C1=CCN(S(=O)(=O)c2ccc(-c3ccc(F)cc3)cc2)C1. The van der Waals surface area contributed by atoms with Crippen molar-refractivity contribution >= 4 is 15.9 Å². The fraction of sp³-hybridized carbons (Fsp3) is 0.318. The normalized spacial score (nSPS) is 19.8. The number of hydroxylamine groups is 1. The van der Waals surface area contributed by atoms with Gasteiger partial charge in [-0.3, -0.25) is 4.79 Å². The number of rotatable bonds is 6. The number of benzene rings is 2. The largest absolute Gasteiger partial charge is 0.350 e. The van der Waals surface area contributed by atoms with Crippen molar-refractivity contribution in [3.8, 4) is 11.1 Å². The summed E-state index contributed by atoms with van der Waals surface area (Å²) in [5, 5.41) is 0. The number of nitrogens with one attached hydrogen (secondary N) is 1. The summed E-state index contributed by atoms with van der Waals surface area (Å²) >= 11 is 0. The van der Waals surface area contributed by atoms with Crippen LogP contribution in [0.2, 0.25) is 0 Å². The van der Waals surface area contributed by atoms with Gasteiger partial charge in [0.1, 0.15) is 5.82 Å². The minimum absolute atomic E-state index is 0.0389.